The molecule has 4 heteroatoms. The zero-order chi connectivity index (χ0) is 14.7. The van der Waals surface area contributed by atoms with Gasteiger partial charge in [-0.1, -0.05) is 30.3 Å². The molecule has 21 heavy (non-hydrogen) atoms. The van der Waals surface area contributed by atoms with Gasteiger partial charge in [-0.3, -0.25) is 9.69 Å². The quantitative estimate of drug-likeness (QED) is 0.846. The summed E-state index contributed by atoms with van der Waals surface area (Å²) >= 11 is 0. The van der Waals surface area contributed by atoms with Gasteiger partial charge in [-0.15, -0.1) is 0 Å². The van der Waals surface area contributed by atoms with E-state index < -0.39 is 0 Å². The summed E-state index contributed by atoms with van der Waals surface area (Å²) in [5.41, 5.74) is 1.36. The van der Waals surface area contributed by atoms with Gasteiger partial charge in [0.15, 0.2) is 0 Å². The Morgan fingerprint density at radius 1 is 1.19 bits per heavy atom. The predicted molar refractivity (Wildman–Crippen MR) is 81.8 cm³/mol. The molecule has 3 heterocycles. The Labute approximate surface area is 126 Å². The highest BCUT2D eigenvalue weighted by atomic mass is 16.5. The van der Waals surface area contributed by atoms with E-state index >= 15 is 0 Å². The van der Waals surface area contributed by atoms with Crippen LogP contribution in [0.25, 0.3) is 0 Å². The fraction of sp³-hybridized carbons (Fsp3) is 0.588. The van der Waals surface area contributed by atoms with Gasteiger partial charge in [0.05, 0.1) is 0 Å². The maximum atomic E-state index is 12.1. The van der Waals surface area contributed by atoms with E-state index in [2.05, 4.69) is 35.2 Å². The summed E-state index contributed by atoms with van der Waals surface area (Å²) in [5.74, 6) is 0.740. The van der Waals surface area contributed by atoms with E-state index in [1.165, 1.54) is 18.4 Å². The van der Waals surface area contributed by atoms with E-state index in [0.29, 0.717) is 12.0 Å². The third-order valence-corrected chi connectivity index (χ3v) is 4.68. The number of rotatable bonds is 4. The van der Waals surface area contributed by atoms with Crippen LogP contribution in [-0.4, -0.2) is 55.1 Å². The van der Waals surface area contributed by atoms with Crippen molar-refractivity contribution in [2.45, 2.75) is 25.4 Å². The first-order valence-electron chi connectivity index (χ1n) is 7.81. The van der Waals surface area contributed by atoms with Crippen LogP contribution in [0, 0.1) is 5.92 Å². The van der Waals surface area contributed by atoms with Crippen molar-refractivity contribution < 1.29 is 9.53 Å². The van der Waals surface area contributed by atoms with E-state index in [1.54, 1.807) is 7.11 Å². The molecule has 3 saturated heterocycles. The molecule has 0 aromatic heterocycles. The van der Waals surface area contributed by atoms with E-state index in [1.807, 2.05) is 4.90 Å². The highest BCUT2D eigenvalue weighted by Crippen LogP contribution is 2.29. The number of hydrogen-bond acceptors (Lipinski definition) is 3. The van der Waals surface area contributed by atoms with Crippen LogP contribution in [-0.2, 0) is 16.1 Å². The van der Waals surface area contributed by atoms with Crippen molar-refractivity contribution >= 4 is 5.91 Å². The Hall–Kier alpha value is -1.39. The summed E-state index contributed by atoms with van der Waals surface area (Å²) in [5, 5.41) is 0. The average Bonchev–Trinajstić information content (AvgIpc) is 2.80. The minimum atomic E-state index is 0.135. The fourth-order valence-corrected chi connectivity index (χ4v) is 3.61. The van der Waals surface area contributed by atoms with E-state index in [-0.39, 0.29) is 12.5 Å². The van der Waals surface area contributed by atoms with Gasteiger partial charge in [0.25, 0.3) is 0 Å². The summed E-state index contributed by atoms with van der Waals surface area (Å²) in [6.45, 7) is 4.05. The van der Waals surface area contributed by atoms with Gasteiger partial charge in [-0.2, -0.15) is 0 Å². The normalized spacial score (nSPS) is 25.9. The molecule has 4 rings (SSSR count). The zero-order valence-electron chi connectivity index (χ0n) is 12.7. The van der Waals surface area contributed by atoms with Crippen LogP contribution in [0.1, 0.15) is 18.4 Å². The molecule has 114 valence electrons. The van der Waals surface area contributed by atoms with Crippen molar-refractivity contribution in [3.05, 3.63) is 35.9 Å². The van der Waals surface area contributed by atoms with Crippen molar-refractivity contribution in [3.8, 4) is 0 Å². The second-order valence-corrected chi connectivity index (χ2v) is 6.24. The van der Waals surface area contributed by atoms with Gasteiger partial charge in [0.1, 0.15) is 6.61 Å². The SMILES string of the molecule is COCC(=O)N1C[C@@H]2CC[C@H](C1)N(Cc1ccccc1)C2. The smallest absolute Gasteiger partial charge is 0.248 e. The molecule has 1 amide bonds. The van der Waals surface area contributed by atoms with Crippen LogP contribution < -0.4 is 0 Å². The zero-order valence-corrected chi connectivity index (χ0v) is 12.7. The van der Waals surface area contributed by atoms with Gasteiger partial charge in [0.2, 0.25) is 5.91 Å². The number of methoxy groups -OCH3 is 1. The number of amides is 1. The average molecular weight is 288 g/mol. The Balaban J connectivity index is 1.68. The lowest BCUT2D eigenvalue weighted by Crippen LogP contribution is -2.44. The third-order valence-electron chi connectivity index (χ3n) is 4.68. The topological polar surface area (TPSA) is 32.8 Å². The molecule has 0 aliphatic carbocycles. The number of carbonyl (C=O) groups is 1. The van der Waals surface area contributed by atoms with E-state index in [4.69, 9.17) is 4.74 Å². The lowest BCUT2D eigenvalue weighted by Gasteiger charge is -2.36. The third kappa shape index (κ3) is 3.44. The van der Waals surface area contributed by atoms with Crippen LogP contribution >= 0.6 is 0 Å². The first kappa shape index (κ1) is 14.5. The molecule has 4 nitrogen and oxygen atoms in total. The minimum Gasteiger partial charge on any atom is -0.375 e. The molecule has 1 aromatic rings. The summed E-state index contributed by atoms with van der Waals surface area (Å²) < 4.78 is 5.01. The van der Waals surface area contributed by atoms with Gasteiger partial charge in [-0.05, 0) is 24.3 Å². The molecule has 2 bridgehead atoms. The second kappa shape index (κ2) is 6.58. The van der Waals surface area contributed by atoms with Crippen molar-refractivity contribution in [1.29, 1.82) is 0 Å². The Kier molecular flexibility index (Phi) is 4.56. The molecule has 0 saturated carbocycles. The van der Waals surface area contributed by atoms with Crippen molar-refractivity contribution in [3.63, 3.8) is 0 Å². The number of piperidine rings is 1. The molecule has 2 atom stereocenters. The first-order chi connectivity index (χ1) is 10.3. The summed E-state index contributed by atoms with van der Waals surface area (Å²) in [6, 6.07) is 11.1. The van der Waals surface area contributed by atoms with Gasteiger partial charge in [0, 0.05) is 39.3 Å². The molecule has 0 radical (unpaired) electrons. The summed E-state index contributed by atoms with van der Waals surface area (Å²) in [6.07, 6.45) is 2.45. The highest BCUT2D eigenvalue weighted by Gasteiger charge is 2.36. The van der Waals surface area contributed by atoms with Gasteiger partial charge >= 0.3 is 0 Å². The maximum absolute atomic E-state index is 12.1. The molecule has 0 unspecified atom stereocenters. The number of fused-ring (bicyclic) bond motifs is 4. The van der Waals surface area contributed by atoms with Gasteiger partial charge in [-0.25, -0.2) is 0 Å². The van der Waals surface area contributed by atoms with Crippen LogP contribution in [0.4, 0.5) is 0 Å². The molecule has 3 aliphatic rings. The van der Waals surface area contributed by atoms with Crippen LogP contribution in [0.2, 0.25) is 0 Å². The predicted octanol–water partition coefficient (Wildman–Crippen LogP) is 1.76. The molecule has 1 aromatic carbocycles. The molecule has 0 N–H and O–H groups in total. The maximum Gasteiger partial charge on any atom is 0.248 e. The highest BCUT2D eigenvalue weighted by molar-refractivity contribution is 5.77. The number of nitrogens with zero attached hydrogens (tertiary/aromatic N) is 2. The Bertz CT molecular complexity index is 477. The number of ether oxygens (including phenoxy) is 1. The number of hydrogen-bond donors (Lipinski definition) is 0. The minimum absolute atomic E-state index is 0.135. The molecular formula is C17H24N2O2. The monoisotopic (exact) mass is 288 g/mol. The van der Waals surface area contributed by atoms with Crippen LogP contribution in [0.3, 0.4) is 0 Å². The van der Waals surface area contributed by atoms with Crippen molar-refractivity contribution in [1.82, 2.24) is 9.80 Å². The van der Waals surface area contributed by atoms with Gasteiger partial charge < -0.3 is 9.64 Å². The van der Waals surface area contributed by atoms with Crippen LogP contribution in [0.15, 0.2) is 30.3 Å². The fourth-order valence-electron chi connectivity index (χ4n) is 3.61. The second-order valence-electron chi connectivity index (χ2n) is 6.24. The molecule has 3 aliphatic heterocycles. The Morgan fingerprint density at radius 2 is 2.00 bits per heavy atom. The summed E-state index contributed by atoms with van der Waals surface area (Å²) in [7, 11) is 1.59. The van der Waals surface area contributed by atoms with Crippen LogP contribution in [0.5, 0.6) is 0 Å². The molecule has 3 fully saturated rings. The first-order valence-corrected chi connectivity index (χ1v) is 7.81. The Morgan fingerprint density at radius 3 is 2.76 bits per heavy atom. The van der Waals surface area contributed by atoms with E-state index in [0.717, 1.165) is 26.2 Å². The van der Waals surface area contributed by atoms with E-state index in [9.17, 15) is 4.79 Å². The number of benzene rings is 1. The van der Waals surface area contributed by atoms with Crippen molar-refractivity contribution in [2.75, 3.05) is 33.4 Å². The summed E-state index contributed by atoms with van der Waals surface area (Å²) in [4.78, 5) is 16.7. The van der Waals surface area contributed by atoms with Crippen molar-refractivity contribution in [2.24, 2.45) is 5.92 Å². The molecular weight excluding hydrogens is 264 g/mol. The largest absolute Gasteiger partial charge is 0.375 e. The lowest BCUT2D eigenvalue weighted by atomic mass is 9.94. The standard InChI is InChI=1S/C17H24N2O2/c1-21-13-17(20)19-11-15-7-8-16(12-19)18(10-15)9-14-5-3-2-4-6-14/h2-6,15-16H,7-13H2,1H3/t15-,16-/m1/s1. The molecule has 0 spiro atoms. The lowest BCUT2D eigenvalue weighted by molar-refractivity contribution is -0.135. The number of carbonyl (C=O) groups excluding carboxylic acids is 1.